The standard InChI is InChI=1S/C20H28N6O.HI/c1-14-7-6-10-26-13-15(25-18(14)26)8-9-22-19(21-5)24-12-17-23-11-16(27-17)20(2,3)4;/h6-7,10-11,13H,8-9,12H2,1-5H3,(H2,21,22,24);1H. The van der Waals surface area contributed by atoms with Crippen LogP contribution in [0.1, 0.15) is 43.7 Å². The summed E-state index contributed by atoms with van der Waals surface area (Å²) in [5.41, 5.74) is 3.19. The molecule has 0 aliphatic rings. The van der Waals surface area contributed by atoms with Gasteiger partial charge in [0.2, 0.25) is 5.89 Å². The summed E-state index contributed by atoms with van der Waals surface area (Å²) in [6.07, 6.45) is 6.70. The number of hydrogen-bond donors (Lipinski definition) is 2. The second-order valence-electron chi connectivity index (χ2n) is 7.63. The highest BCUT2D eigenvalue weighted by molar-refractivity contribution is 14.0. The van der Waals surface area contributed by atoms with Crippen LogP contribution in [-0.2, 0) is 18.4 Å². The van der Waals surface area contributed by atoms with E-state index in [9.17, 15) is 0 Å². The minimum atomic E-state index is -0.0440. The van der Waals surface area contributed by atoms with Crippen LogP contribution in [0.2, 0.25) is 0 Å². The molecule has 0 radical (unpaired) electrons. The number of rotatable bonds is 5. The molecule has 152 valence electrons. The van der Waals surface area contributed by atoms with E-state index >= 15 is 0 Å². The summed E-state index contributed by atoms with van der Waals surface area (Å²) in [6.45, 7) is 9.61. The summed E-state index contributed by atoms with van der Waals surface area (Å²) < 4.78 is 7.86. The molecule has 0 saturated heterocycles. The van der Waals surface area contributed by atoms with Gasteiger partial charge < -0.3 is 19.5 Å². The average molecular weight is 496 g/mol. The smallest absolute Gasteiger partial charge is 0.213 e. The highest BCUT2D eigenvalue weighted by Crippen LogP contribution is 2.22. The lowest BCUT2D eigenvalue weighted by Crippen LogP contribution is -2.37. The number of fused-ring (bicyclic) bond motifs is 1. The molecule has 0 amide bonds. The second kappa shape index (κ2) is 9.40. The molecule has 3 rings (SSSR count). The van der Waals surface area contributed by atoms with Crippen molar-refractivity contribution in [1.29, 1.82) is 0 Å². The second-order valence-corrected chi connectivity index (χ2v) is 7.63. The quantitative estimate of drug-likeness (QED) is 0.322. The summed E-state index contributed by atoms with van der Waals surface area (Å²) in [5.74, 6) is 2.24. The number of nitrogens with zero attached hydrogens (tertiary/aromatic N) is 4. The molecule has 0 unspecified atom stereocenters. The zero-order valence-electron chi connectivity index (χ0n) is 17.1. The van der Waals surface area contributed by atoms with Gasteiger partial charge in [-0.15, -0.1) is 24.0 Å². The van der Waals surface area contributed by atoms with Crippen molar-refractivity contribution in [3.8, 4) is 0 Å². The summed E-state index contributed by atoms with van der Waals surface area (Å²) in [6, 6.07) is 4.11. The van der Waals surface area contributed by atoms with Crippen LogP contribution in [0.5, 0.6) is 0 Å². The first kappa shape index (κ1) is 22.2. The molecule has 3 heterocycles. The molecule has 8 heteroatoms. The molecule has 0 bridgehead atoms. The number of hydrogen-bond acceptors (Lipinski definition) is 4. The Morgan fingerprint density at radius 3 is 2.71 bits per heavy atom. The van der Waals surface area contributed by atoms with E-state index in [1.54, 1.807) is 13.2 Å². The van der Waals surface area contributed by atoms with Gasteiger partial charge in [-0.3, -0.25) is 4.99 Å². The average Bonchev–Trinajstić information content (AvgIpc) is 3.25. The molecule has 0 fully saturated rings. The monoisotopic (exact) mass is 496 g/mol. The van der Waals surface area contributed by atoms with Crippen LogP contribution in [0, 0.1) is 6.92 Å². The summed E-state index contributed by atoms with van der Waals surface area (Å²) in [5, 5.41) is 6.53. The third-order valence-corrected chi connectivity index (χ3v) is 4.32. The molecule has 7 nitrogen and oxygen atoms in total. The van der Waals surface area contributed by atoms with Crippen molar-refractivity contribution in [2.24, 2.45) is 4.99 Å². The third-order valence-electron chi connectivity index (χ3n) is 4.32. The van der Waals surface area contributed by atoms with E-state index in [1.807, 2.05) is 12.3 Å². The van der Waals surface area contributed by atoms with Crippen molar-refractivity contribution < 1.29 is 4.42 Å². The van der Waals surface area contributed by atoms with Gasteiger partial charge in [-0.25, -0.2) is 9.97 Å². The number of halogens is 1. The van der Waals surface area contributed by atoms with Crippen LogP contribution in [0.25, 0.3) is 5.65 Å². The van der Waals surface area contributed by atoms with Crippen LogP contribution >= 0.6 is 24.0 Å². The lowest BCUT2D eigenvalue weighted by molar-refractivity contribution is 0.379. The van der Waals surface area contributed by atoms with Crippen molar-refractivity contribution in [1.82, 2.24) is 25.0 Å². The van der Waals surface area contributed by atoms with Crippen molar-refractivity contribution in [2.75, 3.05) is 13.6 Å². The van der Waals surface area contributed by atoms with Crippen molar-refractivity contribution in [2.45, 2.75) is 46.1 Å². The van der Waals surface area contributed by atoms with E-state index in [0.29, 0.717) is 18.4 Å². The van der Waals surface area contributed by atoms with Gasteiger partial charge in [-0.1, -0.05) is 26.8 Å². The van der Waals surface area contributed by atoms with Crippen molar-refractivity contribution >= 4 is 35.6 Å². The lowest BCUT2D eigenvalue weighted by atomic mass is 9.94. The number of aryl methyl sites for hydroxylation is 1. The Labute approximate surface area is 183 Å². The van der Waals surface area contributed by atoms with Crippen molar-refractivity contribution in [3.05, 3.63) is 53.6 Å². The largest absolute Gasteiger partial charge is 0.443 e. The van der Waals surface area contributed by atoms with Crippen LogP contribution in [-0.4, -0.2) is 33.9 Å². The SMILES string of the molecule is CN=C(NCCc1cn2cccc(C)c2n1)NCc1ncc(C(C)(C)C)o1.I. The number of imidazole rings is 1. The van der Waals surface area contributed by atoms with Crippen molar-refractivity contribution in [3.63, 3.8) is 0 Å². The highest BCUT2D eigenvalue weighted by Gasteiger charge is 2.19. The van der Waals surface area contributed by atoms with E-state index < -0.39 is 0 Å². The molecule has 0 aliphatic heterocycles. The van der Waals surface area contributed by atoms with Gasteiger partial charge in [0, 0.05) is 37.8 Å². The predicted octanol–water partition coefficient (Wildman–Crippen LogP) is 3.45. The van der Waals surface area contributed by atoms with Crippen LogP contribution in [0.15, 0.2) is 40.1 Å². The van der Waals surface area contributed by atoms with Gasteiger partial charge in [0.1, 0.15) is 11.4 Å². The molecule has 0 aliphatic carbocycles. The fourth-order valence-corrected chi connectivity index (χ4v) is 2.75. The minimum absolute atomic E-state index is 0. The first-order valence-corrected chi connectivity index (χ1v) is 9.19. The number of aliphatic imine (C=N–C) groups is 1. The Morgan fingerprint density at radius 1 is 1.29 bits per heavy atom. The van der Waals surface area contributed by atoms with E-state index in [4.69, 9.17) is 9.40 Å². The normalized spacial score (nSPS) is 12.1. The molecular weight excluding hydrogens is 467 g/mol. The van der Waals surface area contributed by atoms with Gasteiger partial charge in [-0.2, -0.15) is 0 Å². The minimum Gasteiger partial charge on any atom is -0.443 e. The molecule has 28 heavy (non-hydrogen) atoms. The van der Waals surface area contributed by atoms with E-state index in [1.165, 1.54) is 5.56 Å². The predicted molar refractivity (Wildman–Crippen MR) is 122 cm³/mol. The van der Waals surface area contributed by atoms with E-state index in [2.05, 4.69) is 65.0 Å². The maximum Gasteiger partial charge on any atom is 0.213 e. The molecule has 0 aromatic carbocycles. The van der Waals surface area contributed by atoms with Crippen LogP contribution in [0.3, 0.4) is 0 Å². The number of guanidine groups is 1. The van der Waals surface area contributed by atoms with Gasteiger partial charge >= 0.3 is 0 Å². The molecule has 0 saturated carbocycles. The maximum absolute atomic E-state index is 5.79. The number of oxazole rings is 1. The van der Waals surface area contributed by atoms with Crippen LogP contribution < -0.4 is 10.6 Å². The topological polar surface area (TPSA) is 79.8 Å². The Kier molecular flexibility index (Phi) is 7.45. The van der Waals surface area contributed by atoms with E-state index in [0.717, 1.165) is 30.1 Å². The van der Waals surface area contributed by atoms with Gasteiger partial charge in [0.15, 0.2) is 5.96 Å². The molecule has 0 atom stereocenters. The number of nitrogens with one attached hydrogen (secondary N) is 2. The Morgan fingerprint density at radius 2 is 2.07 bits per heavy atom. The first-order valence-electron chi connectivity index (χ1n) is 9.19. The Balaban J connectivity index is 0.00000280. The zero-order valence-corrected chi connectivity index (χ0v) is 19.4. The zero-order chi connectivity index (χ0) is 19.4. The highest BCUT2D eigenvalue weighted by atomic mass is 127. The molecule has 2 N–H and O–H groups in total. The molecule has 0 spiro atoms. The fourth-order valence-electron chi connectivity index (χ4n) is 2.75. The Hall–Kier alpha value is -2.10. The summed E-state index contributed by atoms with van der Waals surface area (Å²) in [7, 11) is 1.75. The first-order chi connectivity index (χ1) is 12.9. The fraction of sp³-hybridized carbons (Fsp3) is 0.450. The molecule has 3 aromatic heterocycles. The maximum atomic E-state index is 5.79. The van der Waals surface area contributed by atoms with E-state index in [-0.39, 0.29) is 29.4 Å². The van der Waals surface area contributed by atoms with Crippen LogP contribution in [0.4, 0.5) is 0 Å². The molecule has 3 aromatic rings. The Bertz CT molecular complexity index is 938. The number of pyridine rings is 1. The third kappa shape index (κ3) is 5.46. The van der Waals surface area contributed by atoms with Gasteiger partial charge in [0.25, 0.3) is 0 Å². The lowest BCUT2D eigenvalue weighted by Gasteiger charge is -2.13. The summed E-state index contributed by atoms with van der Waals surface area (Å²) in [4.78, 5) is 13.3. The van der Waals surface area contributed by atoms with Gasteiger partial charge in [0.05, 0.1) is 18.4 Å². The van der Waals surface area contributed by atoms with Gasteiger partial charge in [-0.05, 0) is 18.6 Å². The number of aromatic nitrogens is 3. The molecular formula is C20H29IN6O. The summed E-state index contributed by atoms with van der Waals surface area (Å²) >= 11 is 0.